The number of ether oxygens (including phenoxy) is 2. The number of amides is 1. The molecule has 5 rings (SSSR count). The highest BCUT2D eigenvalue weighted by Gasteiger charge is 2.33. The second-order valence-corrected chi connectivity index (χ2v) is 7.71. The summed E-state index contributed by atoms with van der Waals surface area (Å²) in [5, 5.41) is 15.9. The fourth-order valence-electron chi connectivity index (χ4n) is 4.12. The summed E-state index contributed by atoms with van der Waals surface area (Å²) in [6.45, 7) is 1.92. The third-order valence-corrected chi connectivity index (χ3v) is 5.72. The molecule has 1 N–H and O–H groups in total. The molecule has 1 amide bonds. The standard InChI is InChI=1S/C24H22N6O3/c1-14-22-19(16-5-4-6-18(11-16)33-3)12-21(31)27-23(22)30(29-14)24-26-20(13-25-28-24)15-7-9-17(32-2)10-8-15/h4-11,13,19H,12H2,1-3H3,(H,27,31)/t19-/m1/s1. The van der Waals surface area contributed by atoms with Gasteiger partial charge in [0.25, 0.3) is 5.95 Å². The zero-order chi connectivity index (χ0) is 22.9. The minimum atomic E-state index is -0.157. The molecule has 0 spiro atoms. The molecule has 4 aromatic rings. The van der Waals surface area contributed by atoms with E-state index in [2.05, 4.69) is 25.6 Å². The molecule has 0 saturated carbocycles. The van der Waals surface area contributed by atoms with Crippen LogP contribution in [0.15, 0.2) is 54.7 Å². The van der Waals surface area contributed by atoms with Gasteiger partial charge >= 0.3 is 0 Å². The molecule has 0 fully saturated rings. The number of anilines is 1. The first-order chi connectivity index (χ1) is 16.1. The number of hydrogen-bond donors (Lipinski definition) is 1. The van der Waals surface area contributed by atoms with Crippen molar-refractivity contribution < 1.29 is 14.3 Å². The van der Waals surface area contributed by atoms with Crippen molar-refractivity contribution in [1.82, 2.24) is 25.0 Å². The quantitative estimate of drug-likeness (QED) is 0.504. The van der Waals surface area contributed by atoms with Crippen molar-refractivity contribution in [3.05, 3.63) is 71.5 Å². The van der Waals surface area contributed by atoms with Crippen LogP contribution in [0.25, 0.3) is 17.2 Å². The number of benzene rings is 2. The average molecular weight is 442 g/mol. The predicted molar refractivity (Wildman–Crippen MR) is 122 cm³/mol. The summed E-state index contributed by atoms with van der Waals surface area (Å²) in [4.78, 5) is 17.3. The fraction of sp³-hybridized carbons (Fsp3) is 0.208. The summed E-state index contributed by atoms with van der Waals surface area (Å²) in [5.74, 6) is 2.07. The van der Waals surface area contributed by atoms with E-state index >= 15 is 0 Å². The third-order valence-electron chi connectivity index (χ3n) is 5.72. The highest BCUT2D eigenvalue weighted by Crippen LogP contribution is 2.40. The predicted octanol–water partition coefficient (Wildman–Crippen LogP) is 3.52. The lowest BCUT2D eigenvalue weighted by molar-refractivity contribution is -0.116. The van der Waals surface area contributed by atoms with Gasteiger partial charge in [0.1, 0.15) is 17.3 Å². The van der Waals surface area contributed by atoms with E-state index in [1.54, 1.807) is 25.1 Å². The minimum absolute atomic E-state index is 0.101. The smallest absolute Gasteiger partial charge is 0.272 e. The van der Waals surface area contributed by atoms with Crippen LogP contribution < -0.4 is 14.8 Å². The Bertz CT molecular complexity index is 1330. The molecule has 0 bridgehead atoms. The van der Waals surface area contributed by atoms with Crippen molar-refractivity contribution in [3.8, 4) is 28.7 Å². The van der Waals surface area contributed by atoms with Crippen LogP contribution in [-0.4, -0.2) is 45.1 Å². The van der Waals surface area contributed by atoms with Crippen molar-refractivity contribution in [2.75, 3.05) is 19.5 Å². The number of fused-ring (bicyclic) bond motifs is 1. The summed E-state index contributed by atoms with van der Waals surface area (Å²) in [5.41, 5.74) is 4.20. The normalized spacial score (nSPS) is 15.0. The zero-order valence-electron chi connectivity index (χ0n) is 18.4. The molecular weight excluding hydrogens is 420 g/mol. The minimum Gasteiger partial charge on any atom is -0.497 e. The Labute approximate surface area is 190 Å². The van der Waals surface area contributed by atoms with Crippen LogP contribution in [-0.2, 0) is 4.79 Å². The molecule has 3 heterocycles. The van der Waals surface area contributed by atoms with E-state index in [0.29, 0.717) is 17.9 Å². The van der Waals surface area contributed by atoms with Gasteiger partial charge in [-0.15, -0.1) is 5.10 Å². The summed E-state index contributed by atoms with van der Waals surface area (Å²) in [6.07, 6.45) is 1.91. The van der Waals surface area contributed by atoms with Crippen LogP contribution in [0, 0.1) is 6.92 Å². The SMILES string of the molecule is COc1ccc(-c2cnnc(-n3nc(C)c4c3NC(=O)C[C@@H]4c3cccc(OC)c3)n2)cc1. The average Bonchev–Trinajstić information content (AvgIpc) is 3.19. The number of carbonyl (C=O) groups is 1. The van der Waals surface area contributed by atoms with Crippen LogP contribution in [0.4, 0.5) is 5.82 Å². The number of hydrogen-bond acceptors (Lipinski definition) is 7. The summed E-state index contributed by atoms with van der Waals surface area (Å²) in [6, 6.07) is 15.3. The number of rotatable bonds is 5. The first kappa shape index (κ1) is 20.6. The van der Waals surface area contributed by atoms with Gasteiger partial charge in [0.15, 0.2) is 0 Å². The van der Waals surface area contributed by atoms with Crippen LogP contribution in [0.3, 0.4) is 0 Å². The summed E-state index contributed by atoms with van der Waals surface area (Å²) < 4.78 is 12.2. The molecule has 33 heavy (non-hydrogen) atoms. The molecule has 2 aromatic heterocycles. The van der Waals surface area contributed by atoms with Gasteiger partial charge in [-0.25, -0.2) is 4.98 Å². The van der Waals surface area contributed by atoms with E-state index < -0.39 is 0 Å². The van der Waals surface area contributed by atoms with Gasteiger partial charge in [0, 0.05) is 23.5 Å². The first-order valence-corrected chi connectivity index (χ1v) is 10.4. The van der Waals surface area contributed by atoms with E-state index in [4.69, 9.17) is 9.47 Å². The molecule has 0 unspecified atom stereocenters. The van der Waals surface area contributed by atoms with E-state index in [1.165, 1.54) is 0 Å². The topological polar surface area (TPSA) is 104 Å². The van der Waals surface area contributed by atoms with Gasteiger partial charge in [-0.2, -0.15) is 14.9 Å². The van der Waals surface area contributed by atoms with Crippen LogP contribution in [0.2, 0.25) is 0 Å². The number of aryl methyl sites for hydroxylation is 1. The zero-order valence-corrected chi connectivity index (χ0v) is 18.4. The maximum absolute atomic E-state index is 12.7. The number of nitrogens with zero attached hydrogens (tertiary/aromatic N) is 5. The highest BCUT2D eigenvalue weighted by molar-refractivity contribution is 5.95. The van der Waals surface area contributed by atoms with Crippen LogP contribution in [0.5, 0.6) is 11.5 Å². The molecule has 1 aliphatic rings. The van der Waals surface area contributed by atoms with Crippen molar-refractivity contribution in [1.29, 1.82) is 0 Å². The monoisotopic (exact) mass is 442 g/mol. The lowest BCUT2D eigenvalue weighted by Crippen LogP contribution is -2.25. The molecule has 166 valence electrons. The lowest BCUT2D eigenvalue weighted by atomic mass is 9.86. The van der Waals surface area contributed by atoms with Gasteiger partial charge in [-0.1, -0.05) is 12.1 Å². The number of carbonyl (C=O) groups excluding carboxylic acids is 1. The number of aromatic nitrogens is 5. The van der Waals surface area contributed by atoms with Gasteiger partial charge in [0.2, 0.25) is 5.91 Å². The molecular formula is C24H22N6O3. The molecule has 2 aromatic carbocycles. The van der Waals surface area contributed by atoms with E-state index in [1.807, 2.05) is 55.5 Å². The van der Waals surface area contributed by atoms with E-state index in [9.17, 15) is 4.79 Å². The van der Waals surface area contributed by atoms with Crippen molar-refractivity contribution in [3.63, 3.8) is 0 Å². The second-order valence-electron chi connectivity index (χ2n) is 7.71. The molecule has 0 saturated heterocycles. The third kappa shape index (κ3) is 3.78. The molecule has 9 heteroatoms. The number of nitrogens with one attached hydrogen (secondary N) is 1. The Hall–Kier alpha value is -4.27. The van der Waals surface area contributed by atoms with Crippen molar-refractivity contribution in [2.45, 2.75) is 19.3 Å². The Morgan fingerprint density at radius 2 is 1.85 bits per heavy atom. The molecule has 0 aliphatic carbocycles. The maximum atomic E-state index is 12.7. The van der Waals surface area contributed by atoms with E-state index in [0.717, 1.165) is 33.9 Å². The summed E-state index contributed by atoms with van der Waals surface area (Å²) >= 11 is 0. The molecule has 1 aliphatic heterocycles. The Morgan fingerprint density at radius 3 is 2.61 bits per heavy atom. The van der Waals surface area contributed by atoms with Crippen molar-refractivity contribution in [2.24, 2.45) is 0 Å². The largest absolute Gasteiger partial charge is 0.497 e. The van der Waals surface area contributed by atoms with Gasteiger partial charge in [-0.05, 0) is 48.9 Å². The Morgan fingerprint density at radius 1 is 1.06 bits per heavy atom. The maximum Gasteiger partial charge on any atom is 0.272 e. The van der Waals surface area contributed by atoms with Gasteiger partial charge in [0.05, 0.1) is 31.8 Å². The Kier molecular flexibility index (Phi) is 5.21. The summed E-state index contributed by atoms with van der Waals surface area (Å²) in [7, 11) is 3.25. The lowest BCUT2D eigenvalue weighted by Gasteiger charge is -2.24. The van der Waals surface area contributed by atoms with Crippen molar-refractivity contribution >= 4 is 11.7 Å². The van der Waals surface area contributed by atoms with Crippen LogP contribution in [0.1, 0.15) is 29.2 Å². The highest BCUT2D eigenvalue weighted by atomic mass is 16.5. The molecule has 0 radical (unpaired) electrons. The first-order valence-electron chi connectivity index (χ1n) is 10.4. The Balaban J connectivity index is 1.58. The van der Waals surface area contributed by atoms with E-state index in [-0.39, 0.29) is 17.8 Å². The van der Waals surface area contributed by atoms with Gasteiger partial charge < -0.3 is 14.8 Å². The van der Waals surface area contributed by atoms with Crippen LogP contribution >= 0.6 is 0 Å². The second kappa shape index (κ2) is 8.34. The molecule has 1 atom stereocenters. The fourth-order valence-corrected chi connectivity index (χ4v) is 4.12. The van der Waals surface area contributed by atoms with Gasteiger partial charge in [-0.3, -0.25) is 4.79 Å². The number of methoxy groups -OCH3 is 2. The molecule has 9 nitrogen and oxygen atoms in total.